The zero-order valence-electron chi connectivity index (χ0n) is 11.7. The number of piperidine rings is 1. The third-order valence-corrected chi connectivity index (χ3v) is 4.87. The van der Waals surface area contributed by atoms with E-state index < -0.39 is 0 Å². The van der Waals surface area contributed by atoms with E-state index in [0.717, 1.165) is 52.2 Å². The van der Waals surface area contributed by atoms with E-state index in [-0.39, 0.29) is 18.0 Å². The molecule has 3 aliphatic heterocycles. The Morgan fingerprint density at radius 2 is 1.95 bits per heavy atom. The van der Waals surface area contributed by atoms with Gasteiger partial charge in [-0.2, -0.15) is 0 Å². The number of nitrogens with one attached hydrogen (secondary N) is 1. The van der Waals surface area contributed by atoms with Crippen LogP contribution in [0, 0.1) is 0 Å². The molecular formula is C13H25N5O. The molecule has 0 aliphatic carbocycles. The van der Waals surface area contributed by atoms with Gasteiger partial charge in [-0.05, 0) is 13.0 Å². The Labute approximate surface area is 114 Å². The van der Waals surface area contributed by atoms with Gasteiger partial charge in [0, 0.05) is 58.4 Å². The second-order valence-electron chi connectivity index (χ2n) is 6.03. The number of hydrogen-bond acceptors (Lipinski definition) is 5. The molecule has 19 heavy (non-hydrogen) atoms. The van der Waals surface area contributed by atoms with Gasteiger partial charge in [0.1, 0.15) is 6.04 Å². The molecule has 3 N–H and O–H groups in total. The molecule has 6 nitrogen and oxygen atoms in total. The van der Waals surface area contributed by atoms with Crippen molar-refractivity contribution in [2.24, 2.45) is 5.73 Å². The molecule has 6 heteroatoms. The van der Waals surface area contributed by atoms with Gasteiger partial charge in [-0.3, -0.25) is 14.6 Å². The molecule has 3 atom stereocenters. The van der Waals surface area contributed by atoms with Crippen LogP contribution < -0.4 is 11.1 Å². The molecule has 108 valence electrons. The maximum Gasteiger partial charge on any atom is 0.241 e. The van der Waals surface area contributed by atoms with Crippen LogP contribution >= 0.6 is 0 Å². The van der Waals surface area contributed by atoms with Gasteiger partial charge in [-0.1, -0.05) is 0 Å². The van der Waals surface area contributed by atoms with E-state index >= 15 is 0 Å². The smallest absolute Gasteiger partial charge is 0.241 e. The molecule has 3 unspecified atom stereocenters. The summed E-state index contributed by atoms with van der Waals surface area (Å²) >= 11 is 0. The molecule has 3 rings (SSSR count). The number of nitrogens with two attached hydrogens (primary N) is 1. The summed E-state index contributed by atoms with van der Waals surface area (Å²) in [4.78, 5) is 18.9. The van der Waals surface area contributed by atoms with Crippen molar-refractivity contribution in [1.82, 2.24) is 20.0 Å². The summed E-state index contributed by atoms with van der Waals surface area (Å²) in [5.41, 5.74) is 6.23. The predicted octanol–water partition coefficient (Wildman–Crippen LogP) is -1.87. The lowest BCUT2D eigenvalue weighted by atomic mass is 9.97. The number of rotatable bonds is 1. The van der Waals surface area contributed by atoms with Crippen LogP contribution in [0.25, 0.3) is 0 Å². The zero-order chi connectivity index (χ0) is 13.4. The first kappa shape index (κ1) is 13.3. The van der Waals surface area contributed by atoms with E-state index in [1.807, 2.05) is 11.9 Å². The summed E-state index contributed by atoms with van der Waals surface area (Å²) in [6, 6.07) is 0.676. The van der Waals surface area contributed by atoms with Crippen LogP contribution in [0.5, 0.6) is 0 Å². The van der Waals surface area contributed by atoms with E-state index in [9.17, 15) is 4.79 Å². The van der Waals surface area contributed by atoms with Gasteiger partial charge in [-0.25, -0.2) is 0 Å². The topological polar surface area (TPSA) is 64.8 Å². The van der Waals surface area contributed by atoms with Crippen LogP contribution in [0.15, 0.2) is 0 Å². The second-order valence-corrected chi connectivity index (χ2v) is 6.03. The van der Waals surface area contributed by atoms with Crippen LogP contribution in [0.3, 0.4) is 0 Å². The highest BCUT2D eigenvalue weighted by atomic mass is 16.2. The number of fused-ring (bicyclic) bond motifs is 1. The lowest BCUT2D eigenvalue weighted by Gasteiger charge is -2.49. The number of amides is 1. The summed E-state index contributed by atoms with van der Waals surface area (Å²) in [6.45, 7) is 6.70. The molecule has 0 spiro atoms. The fourth-order valence-electron chi connectivity index (χ4n) is 3.61. The quantitative estimate of drug-likeness (QED) is 0.583. The average molecular weight is 267 g/mol. The molecule has 3 saturated heterocycles. The maximum absolute atomic E-state index is 12.3. The van der Waals surface area contributed by atoms with Crippen LogP contribution in [0.4, 0.5) is 0 Å². The van der Waals surface area contributed by atoms with Gasteiger partial charge in [0.05, 0.1) is 0 Å². The highest BCUT2D eigenvalue weighted by molar-refractivity contribution is 5.82. The number of carbonyl (C=O) groups is 1. The van der Waals surface area contributed by atoms with Gasteiger partial charge in [0.15, 0.2) is 0 Å². The van der Waals surface area contributed by atoms with Crippen molar-refractivity contribution in [3.8, 4) is 0 Å². The number of likely N-dealkylation sites (N-methyl/N-ethyl adjacent to an activating group) is 1. The molecule has 3 heterocycles. The summed E-state index contributed by atoms with van der Waals surface area (Å²) in [5, 5.41) is 3.34. The van der Waals surface area contributed by atoms with Crippen molar-refractivity contribution in [1.29, 1.82) is 0 Å². The normalized spacial score (nSPS) is 38.3. The predicted molar refractivity (Wildman–Crippen MR) is 73.8 cm³/mol. The lowest BCUT2D eigenvalue weighted by Crippen LogP contribution is -2.67. The Kier molecular flexibility index (Phi) is 3.75. The van der Waals surface area contributed by atoms with Crippen molar-refractivity contribution in [2.75, 3.05) is 52.9 Å². The van der Waals surface area contributed by atoms with Crippen molar-refractivity contribution in [2.45, 2.75) is 24.5 Å². The first-order chi connectivity index (χ1) is 9.16. The van der Waals surface area contributed by atoms with E-state index in [1.165, 1.54) is 0 Å². The monoisotopic (exact) mass is 267 g/mol. The molecule has 3 aliphatic rings. The third kappa shape index (κ3) is 2.50. The molecule has 0 aromatic heterocycles. The Bertz CT molecular complexity index is 350. The van der Waals surface area contributed by atoms with E-state index in [4.69, 9.17) is 5.73 Å². The number of nitrogens with zero attached hydrogens (tertiary/aromatic N) is 3. The Morgan fingerprint density at radius 3 is 2.74 bits per heavy atom. The van der Waals surface area contributed by atoms with Gasteiger partial charge in [-0.15, -0.1) is 0 Å². The zero-order valence-corrected chi connectivity index (χ0v) is 11.7. The molecule has 0 radical (unpaired) electrons. The highest BCUT2D eigenvalue weighted by Gasteiger charge is 2.40. The standard InChI is InChI=1S/C13H25N5O/c1-16-4-5-17-6-7-18(9-12(17)13(16)19)11-2-3-15-8-10(11)14/h10-12,15H,2-9,14H2,1H3. The van der Waals surface area contributed by atoms with Crippen LogP contribution in [-0.2, 0) is 4.79 Å². The minimum Gasteiger partial charge on any atom is -0.343 e. The second kappa shape index (κ2) is 5.36. The first-order valence-corrected chi connectivity index (χ1v) is 7.36. The SMILES string of the molecule is CN1CCN2CCN(C3CCNCC3N)CC2C1=O. The minimum atomic E-state index is 0.0505. The maximum atomic E-state index is 12.3. The summed E-state index contributed by atoms with van der Waals surface area (Å²) < 4.78 is 0. The Hall–Kier alpha value is -0.690. The van der Waals surface area contributed by atoms with Crippen LogP contribution in [0.1, 0.15) is 6.42 Å². The molecule has 0 aromatic rings. The van der Waals surface area contributed by atoms with Crippen LogP contribution in [0.2, 0.25) is 0 Å². The highest BCUT2D eigenvalue weighted by Crippen LogP contribution is 2.20. The number of piperazine rings is 2. The van der Waals surface area contributed by atoms with E-state index in [2.05, 4.69) is 15.1 Å². The fraction of sp³-hybridized carbons (Fsp3) is 0.923. The molecule has 3 fully saturated rings. The molecule has 0 saturated carbocycles. The molecule has 1 amide bonds. The van der Waals surface area contributed by atoms with Gasteiger partial charge in [0.25, 0.3) is 0 Å². The van der Waals surface area contributed by atoms with Crippen molar-refractivity contribution < 1.29 is 4.79 Å². The molecule has 0 aromatic carbocycles. The summed E-state index contributed by atoms with van der Waals surface area (Å²) in [5.74, 6) is 0.276. The minimum absolute atomic E-state index is 0.0505. The Morgan fingerprint density at radius 1 is 1.21 bits per heavy atom. The van der Waals surface area contributed by atoms with E-state index in [0.29, 0.717) is 6.04 Å². The van der Waals surface area contributed by atoms with Gasteiger partial charge < -0.3 is 16.0 Å². The van der Waals surface area contributed by atoms with Gasteiger partial charge >= 0.3 is 0 Å². The van der Waals surface area contributed by atoms with E-state index in [1.54, 1.807) is 0 Å². The van der Waals surface area contributed by atoms with Crippen molar-refractivity contribution in [3.05, 3.63) is 0 Å². The largest absolute Gasteiger partial charge is 0.343 e. The lowest BCUT2D eigenvalue weighted by molar-refractivity contribution is -0.144. The fourth-order valence-corrected chi connectivity index (χ4v) is 3.61. The average Bonchev–Trinajstić information content (AvgIpc) is 2.43. The molecular weight excluding hydrogens is 242 g/mol. The number of carbonyl (C=O) groups excluding carboxylic acids is 1. The van der Waals surface area contributed by atoms with Crippen LogP contribution in [-0.4, -0.2) is 91.6 Å². The third-order valence-electron chi connectivity index (χ3n) is 4.87. The summed E-state index contributed by atoms with van der Waals surface area (Å²) in [6.07, 6.45) is 1.10. The number of hydrogen-bond donors (Lipinski definition) is 2. The Balaban J connectivity index is 1.68. The van der Waals surface area contributed by atoms with Gasteiger partial charge in [0.2, 0.25) is 5.91 Å². The van der Waals surface area contributed by atoms with Crippen molar-refractivity contribution in [3.63, 3.8) is 0 Å². The summed E-state index contributed by atoms with van der Waals surface area (Å²) in [7, 11) is 1.91. The van der Waals surface area contributed by atoms with Crippen molar-refractivity contribution >= 4 is 5.91 Å². The first-order valence-electron chi connectivity index (χ1n) is 7.36. The molecule has 0 bridgehead atoms.